The quantitative estimate of drug-likeness (QED) is 0.385. The molecule has 0 aromatic heterocycles. The maximum atomic E-state index is 11.2. The molecule has 0 aliphatic heterocycles. The number of carboxylic acid groups (broad SMARTS) is 4. The summed E-state index contributed by atoms with van der Waals surface area (Å²) in [6, 6.07) is 2.46. The summed E-state index contributed by atoms with van der Waals surface area (Å²) in [4.78, 5) is 43.5. The smallest absolute Gasteiger partial charge is 0.348 e. The first-order chi connectivity index (χ1) is 11.0. The van der Waals surface area contributed by atoms with Gasteiger partial charge in [0.1, 0.15) is 12.1 Å². The van der Waals surface area contributed by atoms with Crippen LogP contribution in [0, 0.1) is 22.7 Å². The number of azo groups is 1. The lowest BCUT2D eigenvalue weighted by atomic mass is 9.95. The van der Waals surface area contributed by atoms with Crippen LogP contribution in [-0.2, 0) is 19.2 Å². The molecule has 2 atom stereocenters. The average Bonchev–Trinajstić information content (AvgIpc) is 2.49. The van der Waals surface area contributed by atoms with Gasteiger partial charge in [0.25, 0.3) is 11.1 Å². The Morgan fingerprint density at radius 1 is 0.750 bits per heavy atom. The molecule has 0 aromatic carbocycles. The average molecular weight is 340 g/mol. The van der Waals surface area contributed by atoms with E-state index in [2.05, 4.69) is 10.2 Å². The molecule has 12 heteroatoms. The Hall–Kier alpha value is -3.54. The molecule has 0 rings (SSSR count). The first-order valence-electron chi connectivity index (χ1n) is 6.22. The van der Waals surface area contributed by atoms with Gasteiger partial charge in [0.15, 0.2) is 0 Å². The lowest BCUT2D eigenvalue weighted by Crippen LogP contribution is -2.39. The Morgan fingerprint density at radius 2 is 1.04 bits per heavy atom. The van der Waals surface area contributed by atoms with E-state index in [1.165, 1.54) is 12.1 Å². The van der Waals surface area contributed by atoms with E-state index in [9.17, 15) is 19.2 Å². The van der Waals surface area contributed by atoms with Gasteiger partial charge in [0.05, 0.1) is 0 Å². The highest BCUT2D eigenvalue weighted by Crippen LogP contribution is 2.25. The molecule has 0 saturated carbocycles. The first kappa shape index (κ1) is 20.5. The second kappa shape index (κ2) is 8.19. The normalized spacial score (nSPS) is 15.4. The van der Waals surface area contributed by atoms with E-state index in [4.69, 9.17) is 30.9 Å². The Balaban J connectivity index is 5.83. The Bertz CT molecular complexity index is 605. The highest BCUT2D eigenvalue weighted by molar-refractivity contribution is 5.85. The van der Waals surface area contributed by atoms with E-state index in [0.29, 0.717) is 0 Å². The summed E-state index contributed by atoms with van der Waals surface area (Å²) in [6.45, 7) is 0. The van der Waals surface area contributed by atoms with Gasteiger partial charge >= 0.3 is 23.9 Å². The van der Waals surface area contributed by atoms with Crippen LogP contribution >= 0.6 is 0 Å². The van der Waals surface area contributed by atoms with Crippen molar-refractivity contribution in [2.75, 3.05) is 0 Å². The van der Waals surface area contributed by atoms with Gasteiger partial charge in [-0.3, -0.25) is 9.59 Å². The fourth-order valence-electron chi connectivity index (χ4n) is 1.40. The summed E-state index contributed by atoms with van der Waals surface area (Å²) in [5.74, 6) is -6.63. The summed E-state index contributed by atoms with van der Waals surface area (Å²) < 4.78 is 0. The third kappa shape index (κ3) is 5.03. The minimum atomic E-state index is -2.71. The molecule has 0 aliphatic carbocycles. The fourth-order valence-corrected chi connectivity index (χ4v) is 1.40. The van der Waals surface area contributed by atoms with Crippen LogP contribution in [0.25, 0.3) is 0 Å². The minimum Gasteiger partial charge on any atom is -0.481 e. The summed E-state index contributed by atoms with van der Waals surface area (Å²) in [5, 5.41) is 59.4. The van der Waals surface area contributed by atoms with E-state index in [1.807, 2.05) is 0 Å². The molecule has 128 valence electrons. The number of hydrogen-bond acceptors (Lipinski definition) is 8. The second-order valence-corrected chi connectivity index (χ2v) is 4.54. The molecule has 0 fully saturated rings. The molecular formula is C12H12N4O8. The van der Waals surface area contributed by atoms with Crippen LogP contribution in [0.1, 0.15) is 25.7 Å². The molecule has 2 unspecified atom stereocenters. The van der Waals surface area contributed by atoms with Crippen LogP contribution in [-0.4, -0.2) is 55.4 Å². The third-order valence-corrected chi connectivity index (χ3v) is 2.87. The van der Waals surface area contributed by atoms with E-state index in [0.717, 1.165) is 0 Å². The number of nitriles is 2. The highest BCUT2D eigenvalue weighted by Gasteiger charge is 2.44. The molecule has 12 nitrogen and oxygen atoms in total. The molecule has 0 bridgehead atoms. The molecule has 0 heterocycles. The SMILES string of the molecule is N#CC(CCC(=O)O)(N=NC(C#N)(CCC(=O)O)C(=O)O)C(=O)O. The van der Waals surface area contributed by atoms with Gasteiger partial charge in [0, 0.05) is 25.7 Å². The van der Waals surface area contributed by atoms with Crippen molar-refractivity contribution in [2.45, 2.75) is 36.8 Å². The summed E-state index contributed by atoms with van der Waals surface area (Å²) in [7, 11) is 0. The molecule has 0 saturated heterocycles. The Kier molecular flexibility index (Phi) is 6.98. The molecular weight excluding hydrogens is 328 g/mol. The van der Waals surface area contributed by atoms with Gasteiger partial charge in [-0.25, -0.2) is 9.59 Å². The first-order valence-corrected chi connectivity index (χ1v) is 6.22. The largest absolute Gasteiger partial charge is 0.481 e. The van der Waals surface area contributed by atoms with Crippen molar-refractivity contribution in [2.24, 2.45) is 10.2 Å². The maximum absolute atomic E-state index is 11.2. The summed E-state index contributed by atoms with van der Waals surface area (Å²) in [6.07, 6.45) is -3.20. The van der Waals surface area contributed by atoms with Crippen LogP contribution in [0.3, 0.4) is 0 Å². The predicted octanol–water partition coefficient (Wildman–Crippen LogP) is -0.138. The molecule has 0 spiro atoms. The number of aliphatic carboxylic acids is 4. The monoisotopic (exact) mass is 340 g/mol. The van der Waals surface area contributed by atoms with Gasteiger partial charge in [0.2, 0.25) is 0 Å². The van der Waals surface area contributed by atoms with Crippen LogP contribution in [0.4, 0.5) is 0 Å². The van der Waals surface area contributed by atoms with Crippen molar-refractivity contribution in [3.05, 3.63) is 0 Å². The zero-order chi connectivity index (χ0) is 19.0. The third-order valence-electron chi connectivity index (χ3n) is 2.87. The van der Waals surface area contributed by atoms with Gasteiger partial charge in [-0.05, 0) is 0 Å². The number of rotatable bonds is 10. The Labute approximate surface area is 134 Å². The van der Waals surface area contributed by atoms with Crippen molar-refractivity contribution in [3.8, 4) is 12.1 Å². The predicted molar refractivity (Wildman–Crippen MR) is 70.6 cm³/mol. The number of hydrogen-bond donors (Lipinski definition) is 4. The zero-order valence-electron chi connectivity index (χ0n) is 12.0. The van der Waals surface area contributed by atoms with Gasteiger partial charge in [-0.1, -0.05) is 0 Å². The molecule has 0 radical (unpaired) electrons. The molecule has 4 N–H and O–H groups in total. The van der Waals surface area contributed by atoms with E-state index in [-0.39, 0.29) is 0 Å². The number of carboxylic acids is 4. The standard InChI is InChI=1S/C12H12N4O8/c13-5-11(9(21)22,3-1-7(17)18)15-16-12(6-14,10(23)24)4-2-8(19)20/h1-4H2,(H,17,18)(H,19,20)(H,21,22)(H,23,24). The van der Waals surface area contributed by atoms with Crippen molar-refractivity contribution >= 4 is 23.9 Å². The highest BCUT2D eigenvalue weighted by atomic mass is 16.4. The summed E-state index contributed by atoms with van der Waals surface area (Å²) in [5.41, 5.74) is -5.42. The lowest BCUT2D eigenvalue weighted by Gasteiger charge is -2.19. The van der Waals surface area contributed by atoms with E-state index >= 15 is 0 Å². The van der Waals surface area contributed by atoms with Gasteiger partial charge < -0.3 is 20.4 Å². The number of nitrogens with zero attached hydrogens (tertiary/aromatic N) is 4. The topological polar surface area (TPSA) is 221 Å². The second-order valence-electron chi connectivity index (χ2n) is 4.54. The van der Waals surface area contributed by atoms with Gasteiger partial charge in [-0.2, -0.15) is 20.8 Å². The van der Waals surface area contributed by atoms with Crippen LogP contribution < -0.4 is 0 Å². The van der Waals surface area contributed by atoms with Crippen LogP contribution in [0.5, 0.6) is 0 Å². The molecule has 0 aromatic rings. The van der Waals surface area contributed by atoms with Crippen LogP contribution in [0.2, 0.25) is 0 Å². The maximum Gasteiger partial charge on any atom is 0.348 e. The number of carbonyl (C=O) groups is 4. The van der Waals surface area contributed by atoms with Gasteiger partial charge in [-0.15, -0.1) is 0 Å². The van der Waals surface area contributed by atoms with Crippen molar-refractivity contribution in [3.63, 3.8) is 0 Å². The minimum absolute atomic E-state index is 0.777. The Morgan fingerprint density at radius 3 is 1.21 bits per heavy atom. The summed E-state index contributed by atoms with van der Waals surface area (Å²) >= 11 is 0. The van der Waals surface area contributed by atoms with E-state index in [1.54, 1.807) is 0 Å². The molecule has 24 heavy (non-hydrogen) atoms. The van der Waals surface area contributed by atoms with Crippen molar-refractivity contribution in [1.82, 2.24) is 0 Å². The lowest BCUT2D eigenvalue weighted by molar-refractivity contribution is -0.145. The van der Waals surface area contributed by atoms with Crippen molar-refractivity contribution < 1.29 is 39.6 Å². The molecule has 0 amide bonds. The molecule has 0 aliphatic rings. The fraction of sp³-hybridized carbons (Fsp3) is 0.500. The van der Waals surface area contributed by atoms with E-state index < -0.39 is 60.6 Å². The van der Waals surface area contributed by atoms with Crippen LogP contribution in [0.15, 0.2) is 10.2 Å². The zero-order valence-corrected chi connectivity index (χ0v) is 12.0. The van der Waals surface area contributed by atoms with Crippen molar-refractivity contribution in [1.29, 1.82) is 10.5 Å².